The van der Waals surface area contributed by atoms with Gasteiger partial charge in [-0.2, -0.15) is 13.5 Å². The Kier molecular flexibility index (Phi) is 4.42. The van der Waals surface area contributed by atoms with Crippen molar-refractivity contribution in [2.24, 2.45) is 5.10 Å². The second-order valence-corrected chi connectivity index (χ2v) is 7.12. The molecule has 0 aliphatic rings. The molecule has 0 saturated heterocycles. The van der Waals surface area contributed by atoms with E-state index in [1.165, 1.54) is 36.5 Å². The second kappa shape index (κ2) is 6.51. The number of hydrazone groups is 1. The quantitative estimate of drug-likeness (QED) is 0.552. The van der Waals surface area contributed by atoms with Crippen LogP contribution < -0.4 is 4.83 Å². The normalized spacial score (nSPS) is 11.9. The number of nitrogens with zero attached hydrogens (tertiary/aromatic N) is 1. The van der Waals surface area contributed by atoms with Crippen molar-refractivity contribution in [3.8, 4) is 5.75 Å². The topological polar surface area (TPSA) is 78.8 Å². The fraction of sp³-hybridized carbons (Fsp3) is 0. The molecule has 7 heteroatoms. The molecule has 3 aromatic rings. The monoisotopic (exact) mass is 360 g/mol. The van der Waals surface area contributed by atoms with Gasteiger partial charge in [-0.1, -0.05) is 41.9 Å². The Morgan fingerprint density at radius 3 is 2.46 bits per heavy atom. The second-order valence-electron chi connectivity index (χ2n) is 5.03. The van der Waals surface area contributed by atoms with Gasteiger partial charge in [0, 0.05) is 10.6 Å². The van der Waals surface area contributed by atoms with E-state index in [0.717, 1.165) is 10.8 Å². The first-order valence-electron chi connectivity index (χ1n) is 6.98. The van der Waals surface area contributed by atoms with E-state index >= 15 is 0 Å². The fourth-order valence-corrected chi connectivity index (χ4v) is 3.16. The van der Waals surface area contributed by atoms with Gasteiger partial charge in [-0.3, -0.25) is 0 Å². The summed E-state index contributed by atoms with van der Waals surface area (Å²) >= 11 is 5.75. The van der Waals surface area contributed by atoms with Crippen molar-refractivity contribution >= 4 is 38.6 Å². The maximum atomic E-state index is 12.2. The number of halogens is 1. The van der Waals surface area contributed by atoms with E-state index in [9.17, 15) is 13.5 Å². The highest BCUT2D eigenvalue weighted by atomic mass is 35.5. The highest BCUT2D eigenvalue weighted by Crippen LogP contribution is 2.25. The molecule has 0 aliphatic carbocycles. The number of hydrogen-bond donors (Lipinski definition) is 2. The Bertz CT molecular complexity index is 1020. The number of phenols is 1. The van der Waals surface area contributed by atoms with Crippen molar-refractivity contribution in [2.75, 3.05) is 0 Å². The summed E-state index contributed by atoms with van der Waals surface area (Å²) < 4.78 is 24.3. The molecule has 3 rings (SSSR count). The zero-order valence-corrected chi connectivity index (χ0v) is 13.9. The van der Waals surface area contributed by atoms with Gasteiger partial charge in [0.2, 0.25) is 0 Å². The van der Waals surface area contributed by atoms with E-state index < -0.39 is 10.0 Å². The van der Waals surface area contributed by atoms with Crippen LogP contribution in [0, 0.1) is 0 Å². The van der Waals surface area contributed by atoms with Gasteiger partial charge < -0.3 is 5.11 Å². The molecule has 0 aliphatic heterocycles. The Morgan fingerprint density at radius 2 is 1.71 bits per heavy atom. The third kappa shape index (κ3) is 3.34. The summed E-state index contributed by atoms with van der Waals surface area (Å²) in [5.74, 6) is 0.0168. The molecule has 0 fully saturated rings. The van der Waals surface area contributed by atoms with E-state index in [1.807, 2.05) is 24.3 Å². The number of hydrogen-bond acceptors (Lipinski definition) is 4. The lowest BCUT2D eigenvalue weighted by molar-refractivity contribution is 0.475. The van der Waals surface area contributed by atoms with Crippen LogP contribution in [0.2, 0.25) is 5.02 Å². The minimum atomic E-state index is -3.80. The average Bonchev–Trinajstić information content (AvgIpc) is 2.57. The van der Waals surface area contributed by atoms with Gasteiger partial charge in [-0.05, 0) is 41.1 Å². The highest BCUT2D eigenvalue weighted by Gasteiger charge is 2.12. The molecule has 0 aromatic heterocycles. The number of sulfonamides is 1. The molecule has 0 unspecified atom stereocenters. The predicted molar refractivity (Wildman–Crippen MR) is 95.0 cm³/mol. The van der Waals surface area contributed by atoms with Crippen LogP contribution in [0.5, 0.6) is 5.75 Å². The molecule has 0 bridgehead atoms. The van der Waals surface area contributed by atoms with Crippen molar-refractivity contribution in [3.05, 3.63) is 71.2 Å². The van der Waals surface area contributed by atoms with Gasteiger partial charge in [0.15, 0.2) is 0 Å². The SMILES string of the molecule is O=S(=O)(N/N=C\c1c(O)ccc2ccccc12)c1ccc(Cl)cc1. The third-order valence-corrected chi connectivity index (χ3v) is 4.93. The van der Waals surface area contributed by atoms with E-state index in [0.29, 0.717) is 10.6 Å². The van der Waals surface area contributed by atoms with Crippen molar-refractivity contribution in [3.63, 3.8) is 0 Å². The van der Waals surface area contributed by atoms with Crippen molar-refractivity contribution in [1.29, 1.82) is 0 Å². The molecular weight excluding hydrogens is 348 g/mol. The summed E-state index contributed by atoms with van der Waals surface area (Å²) in [6.07, 6.45) is 1.28. The minimum absolute atomic E-state index is 0.0168. The van der Waals surface area contributed by atoms with Gasteiger partial charge in [0.1, 0.15) is 5.75 Å². The first-order chi connectivity index (χ1) is 11.5. The number of phenolic OH excluding ortho intramolecular Hbond substituents is 1. The smallest absolute Gasteiger partial charge is 0.276 e. The van der Waals surface area contributed by atoms with E-state index in [4.69, 9.17) is 11.6 Å². The van der Waals surface area contributed by atoms with Crippen LogP contribution in [0.25, 0.3) is 10.8 Å². The number of aromatic hydroxyl groups is 1. The molecule has 24 heavy (non-hydrogen) atoms. The molecular formula is C17H13ClN2O3S. The van der Waals surface area contributed by atoms with Gasteiger partial charge in [-0.15, -0.1) is 0 Å². The molecule has 122 valence electrons. The number of rotatable bonds is 4. The van der Waals surface area contributed by atoms with Gasteiger partial charge in [-0.25, -0.2) is 4.83 Å². The Morgan fingerprint density at radius 1 is 1.00 bits per heavy atom. The lowest BCUT2D eigenvalue weighted by Gasteiger charge is -2.06. The molecule has 0 radical (unpaired) electrons. The summed E-state index contributed by atoms with van der Waals surface area (Å²) in [6, 6.07) is 16.5. The maximum absolute atomic E-state index is 12.2. The maximum Gasteiger partial charge on any atom is 0.276 e. The molecule has 3 aromatic carbocycles. The van der Waals surface area contributed by atoms with Gasteiger partial charge in [0.25, 0.3) is 10.0 Å². The summed E-state index contributed by atoms with van der Waals surface area (Å²) in [5, 5.41) is 15.9. The summed E-state index contributed by atoms with van der Waals surface area (Å²) in [5.41, 5.74) is 0.437. The molecule has 0 saturated carbocycles. The lowest BCUT2D eigenvalue weighted by atomic mass is 10.0. The lowest BCUT2D eigenvalue weighted by Crippen LogP contribution is -2.18. The number of nitrogens with one attached hydrogen (secondary N) is 1. The van der Waals surface area contributed by atoms with Crippen LogP contribution in [0.15, 0.2) is 70.7 Å². The third-order valence-electron chi connectivity index (χ3n) is 3.44. The largest absolute Gasteiger partial charge is 0.507 e. The summed E-state index contributed by atoms with van der Waals surface area (Å²) in [6.45, 7) is 0. The van der Waals surface area contributed by atoms with Crippen LogP contribution in [0.4, 0.5) is 0 Å². The first-order valence-corrected chi connectivity index (χ1v) is 8.85. The molecule has 5 nitrogen and oxygen atoms in total. The van der Waals surface area contributed by atoms with E-state index in [-0.39, 0.29) is 10.6 Å². The minimum Gasteiger partial charge on any atom is -0.507 e. The Labute approximate surface area is 144 Å². The summed E-state index contributed by atoms with van der Waals surface area (Å²) in [4.78, 5) is 2.17. The van der Waals surface area contributed by atoms with Gasteiger partial charge >= 0.3 is 0 Å². The van der Waals surface area contributed by atoms with Gasteiger partial charge in [0.05, 0.1) is 11.1 Å². The van der Waals surface area contributed by atoms with Crippen LogP contribution in [-0.4, -0.2) is 19.7 Å². The standard InChI is InChI=1S/C17H13ClN2O3S/c18-13-6-8-14(9-7-13)24(22,23)20-19-11-16-15-4-2-1-3-12(15)5-10-17(16)21/h1-11,20-21H/b19-11-. The molecule has 0 atom stereocenters. The van der Waals surface area contributed by atoms with Crippen LogP contribution >= 0.6 is 11.6 Å². The van der Waals surface area contributed by atoms with Crippen LogP contribution in [0.3, 0.4) is 0 Å². The van der Waals surface area contributed by atoms with Crippen LogP contribution in [-0.2, 0) is 10.0 Å². The number of fused-ring (bicyclic) bond motifs is 1. The predicted octanol–water partition coefficient (Wildman–Crippen LogP) is 3.51. The number of benzene rings is 3. The van der Waals surface area contributed by atoms with Crippen molar-refractivity contribution in [1.82, 2.24) is 4.83 Å². The fourth-order valence-electron chi connectivity index (χ4n) is 2.25. The molecule has 2 N–H and O–H groups in total. The Balaban J connectivity index is 1.89. The summed E-state index contributed by atoms with van der Waals surface area (Å²) in [7, 11) is -3.80. The zero-order chi connectivity index (χ0) is 17.2. The Hall–Kier alpha value is -2.57. The first kappa shape index (κ1) is 16.3. The van der Waals surface area contributed by atoms with Crippen molar-refractivity contribution in [2.45, 2.75) is 4.90 Å². The highest BCUT2D eigenvalue weighted by molar-refractivity contribution is 7.89. The van der Waals surface area contributed by atoms with Crippen LogP contribution in [0.1, 0.15) is 5.56 Å². The molecule has 0 spiro atoms. The van der Waals surface area contributed by atoms with E-state index in [2.05, 4.69) is 9.93 Å². The van der Waals surface area contributed by atoms with Crippen molar-refractivity contribution < 1.29 is 13.5 Å². The molecule has 0 heterocycles. The molecule has 0 amide bonds. The average molecular weight is 361 g/mol. The zero-order valence-electron chi connectivity index (χ0n) is 12.3. The van der Waals surface area contributed by atoms with E-state index in [1.54, 1.807) is 6.07 Å².